The number of anilines is 2. The number of thioether (sulfide) groups is 1. The first-order valence-electron chi connectivity index (χ1n) is 8.89. The summed E-state index contributed by atoms with van der Waals surface area (Å²) in [6, 6.07) is 9.29. The van der Waals surface area contributed by atoms with Crippen LogP contribution in [0.2, 0.25) is 0 Å². The first kappa shape index (κ1) is 21.0. The van der Waals surface area contributed by atoms with Crippen molar-refractivity contribution in [2.24, 2.45) is 0 Å². The average molecular weight is 428 g/mol. The fourth-order valence-electron chi connectivity index (χ4n) is 2.85. The van der Waals surface area contributed by atoms with Crippen LogP contribution in [-0.2, 0) is 16.1 Å². The molecule has 0 radical (unpaired) electrons. The molecule has 6 nitrogen and oxygen atoms in total. The van der Waals surface area contributed by atoms with Gasteiger partial charge in [-0.3, -0.25) is 9.69 Å². The van der Waals surface area contributed by atoms with Gasteiger partial charge in [0.2, 0.25) is 5.91 Å². The summed E-state index contributed by atoms with van der Waals surface area (Å²) in [5.74, 6) is -0.579. The Labute approximate surface area is 177 Å². The van der Waals surface area contributed by atoms with Crippen molar-refractivity contribution in [3.8, 4) is 0 Å². The zero-order valence-electron chi connectivity index (χ0n) is 16.6. The number of benzene rings is 1. The van der Waals surface area contributed by atoms with E-state index in [1.807, 2.05) is 38.3 Å². The van der Waals surface area contributed by atoms with Crippen molar-refractivity contribution in [2.45, 2.75) is 32.4 Å². The quantitative estimate of drug-likeness (QED) is 0.411. The van der Waals surface area contributed by atoms with Gasteiger partial charge in [-0.1, -0.05) is 17.7 Å². The molecule has 0 saturated carbocycles. The summed E-state index contributed by atoms with van der Waals surface area (Å²) >= 11 is 2.72. The number of carbonyl (C=O) groups excluding carboxylic acids is 2. The van der Waals surface area contributed by atoms with Gasteiger partial charge in [0.15, 0.2) is 5.13 Å². The Kier molecular flexibility index (Phi) is 6.66. The van der Waals surface area contributed by atoms with Crippen molar-refractivity contribution in [3.63, 3.8) is 0 Å². The number of esters is 1. The van der Waals surface area contributed by atoms with Gasteiger partial charge in [-0.2, -0.15) is 0 Å². The largest absolute Gasteiger partial charge is 0.455 e. The van der Waals surface area contributed by atoms with E-state index in [0.29, 0.717) is 21.4 Å². The van der Waals surface area contributed by atoms with Gasteiger partial charge in [-0.25, -0.2) is 14.8 Å². The topological polar surface area (TPSA) is 72.4 Å². The Morgan fingerprint density at radius 1 is 1.24 bits per heavy atom. The van der Waals surface area contributed by atoms with Gasteiger partial charge in [0.05, 0.1) is 16.9 Å². The molecule has 0 aliphatic heterocycles. The van der Waals surface area contributed by atoms with Crippen LogP contribution in [0.15, 0.2) is 46.9 Å². The molecule has 29 heavy (non-hydrogen) atoms. The number of carbonyl (C=O) groups is 2. The lowest BCUT2D eigenvalue weighted by Gasteiger charge is -2.20. The summed E-state index contributed by atoms with van der Waals surface area (Å²) in [4.78, 5) is 34.9. The Balaban J connectivity index is 1.77. The molecule has 3 aromatic rings. The molecular formula is C21H21N3O3S2. The minimum Gasteiger partial charge on any atom is -0.455 e. The number of aromatic nitrogens is 2. The lowest BCUT2D eigenvalue weighted by molar-refractivity contribution is -0.115. The Morgan fingerprint density at radius 3 is 2.72 bits per heavy atom. The average Bonchev–Trinajstić information content (AvgIpc) is 3.16. The second-order valence-electron chi connectivity index (χ2n) is 6.40. The number of pyridine rings is 1. The molecule has 0 bridgehead atoms. The van der Waals surface area contributed by atoms with Crippen molar-refractivity contribution in [3.05, 3.63) is 64.3 Å². The van der Waals surface area contributed by atoms with E-state index in [-0.39, 0.29) is 12.5 Å². The molecule has 2 aromatic heterocycles. The first-order chi connectivity index (χ1) is 13.9. The number of hydrogen-bond donors (Lipinski definition) is 0. The standard InChI is InChI=1S/C21H21N3O3S2/c1-13-7-8-18(14(2)10-13)24(15(3)25)21-23-16(12-29-21)11-27-20(26)17-6-5-9-22-19(17)28-4/h5-10,12H,11H2,1-4H3. The van der Waals surface area contributed by atoms with Crippen LogP contribution < -0.4 is 4.90 Å². The Morgan fingerprint density at radius 2 is 2.03 bits per heavy atom. The van der Waals surface area contributed by atoms with Crippen molar-refractivity contribution in [2.75, 3.05) is 11.2 Å². The summed E-state index contributed by atoms with van der Waals surface area (Å²) in [6.07, 6.45) is 3.49. The fraction of sp³-hybridized carbons (Fsp3) is 0.238. The summed E-state index contributed by atoms with van der Waals surface area (Å²) < 4.78 is 5.40. The highest BCUT2D eigenvalue weighted by Gasteiger charge is 2.20. The molecule has 0 unspecified atom stereocenters. The van der Waals surface area contributed by atoms with E-state index in [9.17, 15) is 9.59 Å². The predicted octanol–water partition coefficient (Wildman–Crippen LogP) is 4.92. The Bertz CT molecular complexity index is 1050. The maximum absolute atomic E-state index is 12.4. The van der Waals surface area contributed by atoms with Crippen LogP contribution in [0.1, 0.15) is 34.1 Å². The maximum Gasteiger partial charge on any atom is 0.341 e. The Hall–Kier alpha value is -2.71. The number of ether oxygens (including phenoxy) is 1. The van der Waals surface area contributed by atoms with Gasteiger partial charge in [0, 0.05) is 18.5 Å². The minimum atomic E-state index is -0.449. The molecule has 0 N–H and O–H groups in total. The molecule has 1 amide bonds. The molecule has 0 spiro atoms. The van der Waals surface area contributed by atoms with Crippen molar-refractivity contribution in [1.29, 1.82) is 0 Å². The molecule has 8 heteroatoms. The summed E-state index contributed by atoms with van der Waals surface area (Å²) in [7, 11) is 0. The SMILES string of the molecule is CSc1ncccc1C(=O)OCc1csc(N(C(C)=O)c2ccc(C)cc2C)n1. The monoisotopic (exact) mass is 427 g/mol. The number of nitrogens with zero attached hydrogens (tertiary/aromatic N) is 3. The van der Waals surface area contributed by atoms with Crippen LogP contribution in [-0.4, -0.2) is 28.1 Å². The van der Waals surface area contributed by atoms with Crippen LogP contribution in [0.3, 0.4) is 0 Å². The number of hydrogen-bond acceptors (Lipinski definition) is 7. The van der Waals surface area contributed by atoms with E-state index in [0.717, 1.165) is 16.8 Å². The molecule has 150 valence electrons. The third kappa shape index (κ3) is 4.83. The lowest BCUT2D eigenvalue weighted by Crippen LogP contribution is -2.23. The number of rotatable bonds is 6. The van der Waals surface area contributed by atoms with E-state index < -0.39 is 5.97 Å². The highest BCUT2D eigenvalue weighted by Crippen LogP contribution is 2.32. The number of amides is 1. The normalized spacial score (nSPS) is 10.6. The molecule has 2 heterocycles. The molecule has 0 saturated heterocycles. The molecule has 1 aromatic carbocycles. The highest BCUT2D eigenvalue weighted by molar-refractivity contribution is 7.98. The van der Waals surface area contributed by atoms with Crippen molar-refractivity contribution < 1.29 is 14.3 Å². The van der Waals surface area contributed by atoms with Crippen LogP contribution in [0.4, 0.5) is 10.8 Å². The van der Waals surface area contributed by atoms with E-state index in [1.165, 1.54) is 30.0 Å². The molecule has 0 aliphatic carbocycles. The molecule has 0 atom stereocenters. The van der Waals surface area contributed by atoms with E-state index in [2.05, 4.69) is 9.97 Å². The first-order valence-corrected chi connectivity index (χ1v) is 11.0. The summed E-state index contributed by atoms with van der Waals surface area (Å²) in [5.41, 5.74) is 3.92. The van der Waals surface area contributed by atoms with Gasteiger partial charge in [0.25, 0.3) is 0 Å². The molecule has 3 rings (SSSR count). The van der Waals surface area contributed by atoms with Crippen molar-refractivity contribution >= 4 is 45.8 Å². The minimum absolute atomic E-state index is 0.0245. The third-order valence-electron chi connectivity index (χ3n) is 4.17. The second-order valence-corrected chi connectivity index (χ2v) is 8.03. The van der Waals surface area contributed by atoms with Gasteiger partial charge >= 0.3 is 5.97 Å². The van der Waals surface area contributed by atoms with E-state index >= 15 is 0 Å². The lowest BCUT2D eigenvalue weighted by atomic mass is 10.1. The van der Waals surface area contributed by atoms with Gasteiger partial charge in [0.1, 0.15) is 11.6 Å². The van der Waals surface area contributed by atoms with E-state index in [1.54, 1.807) is 28.6 Å². The zero-order valence-corrected chi connectivity index (χ0v) is 18.3. The summed E-state index contributed by atoms with van der Waals surface area (Å²) in [5, 5.41) is 2.96. The molecule has 0 aliphatic rings. The molecular weight excluding hydrogens is 406 g/mol. The van der Waals surface area contributed by atoms with Gasteiger partial charge in [-0.05, 0) is 43.9 Å². The highest BCUT2D eigenvalue weighted by atomic mass is 32.2. The van der Waals surface area contributed by atoms with Crippen LogP contribution in [0.25, 0.3) is 0 Å². The molecule has 0 fully saturated rings. The van der Waals surface area contributed by atoms with E-state index in [4.69, 9.17) is 4.74 Å². The predicted molar refractivity (Wildman–Crippen MR) is 116 cm³/mol. The fourth-order valence-corrected chi connectivity index (χ4v) is 4.26. The number of thiazole rings is 1. The van der Waals surface area contributed by atoms with Crippen LogP contribution in [0.5, 0.6) is 0 Å². The van der Waals surface area contributed by atoms with Crippen molar-refractivity contribution in [1.82, 2.24) is 9.97 Å². The zero-order chi connectivity index (χ0) is 21.0. The third-order valence-corrected chi connectivity index (χ3v) is 5.76. The van der Waals surface area contributed by atoms with Gasteiger partial charge in [-0.15, -0.1) is 23.1 Å². The van der Waals surface area contributed by atoms with Crippen LogP contribution in [0, 0.1) is 13.8 Å². The maximum atomic E-state index is 12.4. The van der Waals surface area contributed by atoms with Crippen LogP contribution >= 0.6 is 23.1 Å². The summed E-state index contributed by atoms with van der Waals surface area (Å²) in [6.45, 7) is 5.50. The smallest absolute Gasteiger partial charge is 0.341 e. The number of aryl methyl sites for hydroxylation is 2. The second kappa shape index (κ2) is 9.19. The van der Waals surface area contributed by atoms with Gasteiger partial charge < -0.3 is 4.74 Å².